The van der Waals surface area contributed by atoms with E-state index in [4.69, 9.17) is 28.1 Å². The van der Waals surface area contributed by atoms with Gasteiger partial charge in [0.2, 0.25) is 0 Å². The average molecular weight is 865 g/mol. The van der Waals surface area contributed by atoms with Gasteiger partial charge in [-0.25, -0.2) is 9.59 Å². The van der Waals surface area contributed by atoms with Crippen LogP contribution in [0.5, 0.6) is 0 Å². The van der Waals surface area contributed by atoms with Crippen molar-refractivity contribution in [1.29, 1.82) is 0 Å². The van der Waals surface area contributed by atoms with Crippen molar-refractivity contribution in [3.05, 3.63) is 192 Å². The minimum atomic E-state index is -3.07. The zero-order chi connectivity index (χ0) is 43.1. The van der Waals surface area contributed by atoms with Crippen molar-refractivity contribution in [1.82, 2.24) is 0 Å². The van der Waals surface area contributed by atoms with Crippen LogP contribution in [0.1, 0.15) is 53.7 Å². The molecule has 0 radical (unpaired) electrons. The van der Waals surface area contributed by atoms with Crippen LogP contribution in [0.3, 0.4) is 0 Å². The SMILES string of the molecule is CS[C@@H]1O[C@H](CO[Si](c2ccccc2)(c2ccccc2)C(C)(C)C)[C@@H](OCc2ccccc2)[C@H](OC(=O)OCC2c3ccccc3-c3ccccc32)[C@H]1OC(=O)c1ccccc1. The Kier molecular flexibility index (Phi) is 13.4. The van der Waals surface area contributed by atoms with Crippen LogP contribution in [0.25, 0.3) is 11.1 Å². The fourth-order valence-electron chi connectivity index (χ4n) is 8.90. The van der Waals surface area contributed by atoms with Crippen molar-refractivity contribution in [2.24, 2.45) is 0 Å². The molecular formula is C52H52O8SSi. The molecule has 0 N–H and O–H groups in total. The summed E-state index contributed by atoms with van der Waals surface area (Å²) >= 11 is 1.36. The van der Waals surface area contributed by atoms with E-state index < -0.39 is 50.3 Å². The van der Waals surface area contributed by atoms with Crippen LogP contribution in [0, 0.1) is 0 Å². The van der Waals surface area contributed by atoms with E-state index in [-0.39, 0.29) is 30.8 Å². The molecule has 0 unspecified atom stereocenters. The van der Waals surface area contributed by atoms with E-state index in [0.717, 1.165) is 38.2 Å². The number of carbonyl (C=O) groups excluding carboxylic acids is 2. The molecule has 8 nitrogen and oxygen atoms in total. The van der Waals surface area contributed by atoms with Crippen LogP contribution in [0.15, 0.2) is 170 Å². The Labute approximate surface area is 369 Å². The van der Waals surface area contributed by atoms with Gasteiger partial charge in [0.1, 0.15) is 24.3 Å². The third-order valence-electron chi connectivity index (χ3n) is 11.8. The molecule has 0 aromatic heterocycles. The minimum absolute atomic E-state index is 0.0481. The van der Waals surface area contributed by atoms with Crippen molar-refractivity contribution in [3.63, 3.8) is 0 Å². The van der Waals surface area contributed by atoms with E-state index in [1.807, 2.05) is 103 Å². The van der Waals surface area contributed by atoms with E-state index in [2.05, 4.69) is 69.3 Å². The van der Waals surface area contributed by atoms with Crippen LogP contribution in [0.4, 0.5) is 4.79 Å². The van der Waals surface area contributed by atoms with Gasteiger partial charge in [0.25, 0.3) is 8.32 Å². The first-order valence-electron chi connectivity index (χ1n) is 21.0. The largest absolute Gasteiger partial charge is 0.508 e. The van der Waals surface area contributed by atoms with E-state index in [9.17, 15) is 9.59 Å². The van der Waals surface area contributed by atoms with Gasteiger partial charge in [0.15, 0.2) is 12.2 Å². The highest BCUT2D eigenvalue weighted by atomic mass is 32.2. The summed E-state index contributed by atoms with van der Waals surface area (Å²) in [5.74, 6) is -0.767. The molecule has 62 heavy (non-hydrogen) atoms. The molecule has 1 heterocycles. The molecule has 6 aromatic rings. The number of hydrogen-bond acceptors (Lipinski definition) is 9. The number of esters is 1. The highest BCUT2D eigenvalue weighted by Gasteiger charge is 2.55. The molecule has 1 aliphatic heterocycles. The summed E-state index contributed by atoms with van der Waals surface area (Å²) in [6, 6.07) is 55.6. The highest BCUT2D eigenvalue weighted by Crippen LogP contribution is 2.45. The van der Waals surface area contributed by atoms with E-state index in [0.29, 0.717) is 5.56 Å². The van der Waals surface area contributed by atoms with Crippen molar-refractivity contribution < 1.29 is 37.7 Å². The van der Waals surface area contributed by atoms with Crippen LogP contribution in [-0.4, -0.2) is 69.8 Å². The molecule has 8 rings (SSSR count). The van der Waals surface area contributed by atoms with Gasteiger partial charge in [0, 0.05) is 5.92 Å². The second-order valence-corrected chi connectivity index (χ2v) is 21.9. The fraction of sp³-hybridized carbons (Fsp3) is 0.269. The van der Waals surface area contributed by atoms with E-state index >= 15 is 0 Å². The summed E-state index contributed by atoms with van der Waals surface area (Å²) in [5.41, 5.74) is 4.88. The molecule has 0 amide bonds. The molecule has 1 aliphatic carbocycles. The Morgan fingerprint density at radius 3 is 1.68 bits per heavy atom. The molecular weight excluding hydrogens is 813 g/mol. The first-order chi connectivity index (χ1) is 30.2. The average Bonchev–Trinajstić information content (AvgIpc) is 3.63. The van der Waals surface area contributed by atoms with Crippen molar-refractivity contribution in [2.45, 2.75) is 68.2 Å². The first kappa shape index (κ1) is 43.2. The quantitative estimate of drug-likeness (QED) is 0.0785. The summed E-state index contributed by atoms with van der Waals surface area (Å²) < 4.78 is 39.9. The predicted octanol–water partition coefficient (Wildman–Crippen LogP) is 9.80. The van der Waals surface area contributed by atoms with Gasteiger partial charge >= 0.3 is 12.1 Å². The zero-order valence-corrected chi connectivity index (χ0v) is 37.2. The van der Waals surface area contributed by atoms with Gasteiger partial charge in [0.05, 0.1) is 18.8 Å². The van der Waals surface area contributed by atoms with E-state index in [1.54, 1.807) is 24.3 Å². The number of hydrogen-bond donors (Lipinski definition) is 0. The first-order valence-corrected chi connectivity index (χ1v) is 24.2. The molecule has 1 saturated heterocycles. The number of ether oxygens (including phenoxy) is 5. The van der Waals surface area contributed by atoms with Gasteiger partial charge in [-0.15, -0.1) is 11.8 Å². The molecule has 0 spiro atoms. The maximum atomic E-state index is 14.2. The highest BCUT2D eigenvalue weighted by molar-refractivity contribution is 7.99. The Morgan fingerprint density at radius 2 is 1.13 bits per heavy atom. The molecule has 6 aromatic carbocycles. The Morgan fingerprint density at radius 1 is 0.613 bits per heavy atom. The van der Waals surface area contributed by atoms with Gasteiger partial charge < -0.3 is 28.1 Å². The lowest BCUT2D eigenvalue weighted by atomic mass is 9.98. The Hall–Kier alpha value is -5.49. The van der Waals surface area contributed by atoms with Gasteiger partial charge in [-0.1, -0.05) is 178 Å². The smallest absolute Gasteiger partial charge is 0.451 e. The molecule has 10 heteroatoms. The van der Waals surface area contributed by atoms with Crippen LogP contribution < -0.4 is 10.4 Å². The summed E-state index contributed by atoms with van der Waals surface area (Å²) in [6.45, 7) is 6.96. The molecule has 2 aliphatic rings. The summed E-state index contributed by atoms with van der Waals surface area (Å²) in [6.07, 6.45) is -2.98. The lowest BCUT2D eigenvalue weighted by Gasteiger charge is -2.47. The molecule has 0 bridgehead atoms. The van der Waals surface area contributed by atoms with Crippen LogP contribution in [-0.2, 0) is 34.7 Å². The maximum Gasteiger partial charge on any atom is 0.508 e. The predicted molar refractivity (Wildman–Crippen MR) is 246 cm³/mol. The van der Waals surface area contributed by atoms with Gasteiger partial charge in [-0.2, -0.15) is 0 Å². The van der Waals surface area contributed by atoms with Crippen molar-refractivity contribution >= 4 is 42.6 Å². The number of thioether (sulfide) groups is 1. The zero-order valence-electron chi connectivity index (χ0n) is 35.4. The summed E-state index contributed by atoms with van der Waals surface area (Å²) in [7, 11) is -3.07. The molecule has 318 valence electrons. The van der Waals surface area contributed by atoms with Crippen molar-refractivity contribution in [3.8, 4) is 11.1 Å². The lowest BCUT2D eigenvalue weighted by Crippen LogP contribution is -2.68. The Bertz CT molecular complexity index is 2330. The van der Waals surface area contributed by atoms with Gasteiger partial charge in [-0.3, -0.25) is 0 Å². The molecule has 5 atom stereocenters. The number of rotatable bonds is 14. The monoisotopic (exact) mass is 864 g/mol. The second kappa shape index (κ2) is 19.3. The second-order valence-electron chi connectivity index (χ2n) is 16.6. The summed E-state index contributed by atoms with van der Waals surface area (Å²) in [5, 5.41) is 1.90. The molecule has 1 fully saturated rings. The van der Waals surface area contributed by atoms with Crippen molar-refractivity contribution in [2.75, 3.05) is 19.5 Å². The van der Waals surface area contributed by atoms with Gasteiger partial charge in [-0.05, 0) is 61.6 Å². The topological polar surface area (TPSA) is 89.5 Å². The lowest BCUT2D eigenvalue weighted by molar-refractivity contribution is -0.226. The normalized spacial score (nSPS) is 19.8. The Balaban J connectivity index is 1.15. The number of fused-ring (bicyclic) bond motifs is 3. The third-order valence-corrected chi connectivity index (χ3v) is 17.7. The van der Waals surface area contributed by atoms with E-state index in [1.165, 1.54) is 11.8 Å². The number of benzene rings is 6. The van der Waals surface area contributed by atoms with Crippen LogP contribution in [0.2, 0.25) is 5.04 Å². The third kappa shape index (κ3) is 9.02. The van der Waals surface area contributed by atoms with Crippen LogP contribution >= 0.6 is 11.8 Å². The minimum Gasteiger partial charge on any atom is -0.451 e. The fourth-order valence-corrected chi connectivity index (χ4v) is 14.2. The maximum absolute atomic E-state index is 14.2. The summed E-state index contributed by atoms with van der Waals surface area (Å²) in [4.78, 5) is 28.1. The molecule has 0 saturated carbocycles. The standard InChI is InChI=1S/C52H52O8SSi/c1-52(2,3)62(38-25-13-7-14-26-38,39-27-15-8-16-28-39)57-35-45-46(55-33-36-21-9-5-10-22-36)47(48(50(58-45)61-4)59-49(53)37-23-11-6-12-24-37)60-51(54)56-34-44-42-31-19-17-29-40(42)41-30-18-20-32-43(41)44/h5-32,44-48,50H,33-35H2,1-4H3/t45-,46-,47+,48-,50+/m1/s1. The number of carbonyl (C=O) groups is 2.